The van der Waals surface area contributed by atoms with Gasteiger partial charge < -0.3 is 19.8 Å². The van der Waals surface area contributed by atoms with E-state index < -0.39 is 5.60 Å². The molecule has 4 fully saturated rings. The van der Waals surface area contributed by atoms with Crippen molar-refractivity contribution in [3.63, 3.8) is 0 Å². The standard InChI is InChI=1S/C32H43NO3/c1-4-13-32(35)15-12-28-26-10-7-23-20-25(34)11-14-30(23,2)29(26)27(21-31(28,32)3)22-5-8-24(9-6-22)33-16-18-36-19-17-33/h5-6,8-9,20,25-29,34-35H,7,10-12,14-19,21H2,1-3H3/t25?,26-,27+,28-,29+,30-,31-,32-/m0/s1. The molecule has 194 valence electrons. The fourth-order valence-corrected chi connectivity index (χ4v) is 9.39. The van der Waals surface area contributed by atoms with Gasteiger partial charge in [-0.2, -0.15) is 0 Å². The molecule has 0 bridgehead atoms. The molecule has 1 saturated heterocycles. The number of nitrogens with zero attached hydrogens (tertiary/aromatic N) is 1. The van der Waals surface area contributed by atoms with Crippen LogP contribution >= 0.6 is 0 Å². The van der Waals surface area contributed by atoms with E-state index in [-0.39, 0.29) is 16.9 Å². The van der Waals surface area contributed by atoms with Gasteiger partial charge in [-0.3, -0.25) is 0 Å². The van der Waals surface area contributed by atoms with Gasteiger partial charge in [-0.25, -0.2) is 0 Å². The average molecular weight is 490 g/mol. The van der Waals surface area contributed by atoms with Crippen LogP contribution in [0.5, 0.6) is 0 Å². The lowest BCUT2D eigenvalue weighted by atomic mass is 9.43. The quantitative estimate of drug-likeness (QED) is 0.438. The first-order chi connectivity index (χ1) is 17.3. The molecule has 1 aromatic carbocycles. The predicted molar refractivity (Wildman–Crippen MR) is 144 cm³/mol. The Morgan fingerprint density at radius 3 is 2.50 bits per heavy atom. The number of hydrogen-bond donors (Lipinski definition) is 2. The van der Waals surface area contributed by atoms with E-state index in [4.69, 9.17) is 4.74 Å². The molecular formula is C32H43NO3. The number of anilines is 1. The second-order valence-corrected chi connectivity index (χ2v) is 12.7. The number of morpholine rings is 1. The molecule has 3 saturated carbocycles. The van der Waals surface area contributed by atoms with Gasteiger partial charge in [0.15, 0.2) is 0 Å². The van der Waals surface area contributed by atoms with Crippen molar-refractivity contribution < 1.29 is 14.9 Å². The molecule has 4 nitrogen and oxygen atoms in total. The van der Waals surface area contributed by atoms with Crippen molar-refractivity contribution in [3.05, 3.63) is 41.5 Å². The first kappa shape index (κ1) is 24.5. The fourth-order valence-electron chi connectivity index (χ4n) is 9.39. The molecule has 2 N–H and O–H groups in total. The van der Waals surface area contributed by atoms with Gasteiger partial charge >= 0.3 is 0 Å². The van der Waals surface area contributed by atoms with Crippen LogP contribution in [0, 0.1) is 40.4 Å². The number of aliphatic hydroxyl groups excluding tert-OH is 1. The van der Waals surface area contributed by atoms with E-state index in [1.807, 2.05) is 6.92 Å². The number of benzene rings is 1. The lowest BCUT2D eigenvalue weighted by Crippen LogP contribution is -2.57. The van der Waals surface area contributed by atoms with Crippen LogP contribution in [0.4, 0.5) is 5.69 Å². The molecule has 4 aliphatic carbocycles. The van der Waals surface area contributed by atoms with Crippen LogP contribution in [-0.2, 0) is 4.74 Å². The minimum Gasteiger partial charge on any atom is -0.389 e. The molecule has 0 amide bonds. The van der Waals surface area contributed by atoms with Crippen LogP contribution in [0.2, 0.25) is 0 Å². The van der Waals surface area contributed by atoms with Crippen molar-refractivity contribution in [1.82, 2.24) is 0 Å². The molecule has 8 atom stereocenters. The van der Waals surface area contributed by atoms with E-state index in [0.29, 0.717) is 23.7 Å². The van der Waals surface area contributed by atoms with Crippen LogP contribution in [-0.4, -0.2) is 48.2 Å². The second-order valence-electron chi connectivity index (χ2n) is 12.7. The monoisotopic (exact) mass is 489 g/mol. The van der Waals surface area contributed by atoms with E-state index in [0.717, 1.165) is 71.2 Å². The first-order valence-corrected chi connectivity index (χ1v) is 14.3. The number of hydrogen-bond acceptors (Lipinski definition) is 4. The van der Waals surface area contributed by atoms with Crippen LogP contribution in [0.15, 0.2) is 35.9 Å². The predicted octanol–water partition coefficient (Wildman–Crippen LogP) is 5.29. The van der Waals surface area contributed by atoms with Crippen LogP contribution in [0.1, 0.15) is 77.2 Å². The average Bonchev–Trinajstić information content (AvgIpc) is 3.15. The topological polar surface area (TPSA) is 52.9 Å². The van der Waals surface area contributed by atoms with Gasteiger partial charge in [-0.15, -0.1) is 5.92 Å². The molecule has 36 heavy (non-hydrogen) atoms. The Labute approximate surface area is 217 Å². The number of allylic oxidation sites excluding steroid dienone is 1. The summed E-state index contributed by atoms with van der Waals surface area (Å²) in [5, 5.41) is 22.4. The SMILES string of the molecule is CC#C[C@]1(O)CC[C@H]2[C@@H]3CCC4=CC(O)CC[C@]4(C)[C@H]3[C@@H](c3ccc(N4CCOCC4)cc3)C[C@@]21C. The van der Waals surface area contributed by atoms with E-state index >= 15 is 0 Å². The maximum atomic E-state index is 11.9. The Hall–Kier alpha value is -1.80. The number of aliphatic hydroxyl groups is 2. The number of ether oxygens (including phenoxy) is 1. The summed E-state index contributed by atoms with van der Waals surface area (Å²) in [6.07, 6.45) is 8.92. The molecule has 5 aliphatic rings. The highest BCUT2D eigenvalue weighted by Crippen LogP contribution is 2.70. The van der Waals surface area contributed by atoms with Gasteiger partial charge in [0.05, 0.1) is 19.3 Å². The molecule has 1 heterocycles. The van der Waals surface area contributed by atoms with Crippen molar-refractivity contribution in [2.75, 3.05) is 31.2 Å². The van der Waals surface area contributed by atoms with Crippen LogP contribution in [0.25, 0.3) is 0 Å². The molecule has 4 heteroatoms. The summed E-state index contributed by atoms with van der Waals surface area (Å²) in [6.45, 7) is 10.2. The second kappa shape index (κ2) is 8.90. The first-order valence-electron chi connectivity index (χ1n) is 14.3. The van der Waals surface area contributed by atoms with Gasteiger partial charge in [0.1, 0.15) is 5.60 Å². The molecule has 1 aliphatic heterocycles. The summed E-state index contributed by atoms with van der Waals surface area (Å²) in [7, 11) is 0. The summed E-state index contributed by atoms with van der Waals surface area (Å²) in [5.74, 6) is 8.38. The minimum absolute atomic E-state index is 0.119. The van der Waals surface area contributed by atoms with Crippen molar-refractivity contribution in [2.45, 2.75) is 83.3 Å². The zero-order valence-corrected chi connectivity index (χ0v) is 22.3. The molecule has 1 aromatic rings. The summed E-state index contributed by atoms with van der Waals surface area (Å²) < 4.78 is 5.56. The zero-order valence-electron chi connectivity index (χ0n) is 22.3. The fraction of sp³-hybridized carbons (Fsp3) is 0.688. The molecule has 1 unspecified atom stereocenters. The van der Waals surface area contributed by atoms with Crippen LogP contribution in [0.3, 0.4) is 0 Å². The van der Waals surface area contributed by atoms with E-state index in [2.05, 4.69) is 60.9 Å². The Bertz CT molecular complexity index is 1080. The number of fused-ring (bicyclic) bond motifs is 5. The van der Waals surface area contributed by atoms with E-state index in [1.165, 1.54) is 16.8 Å². The van der Waals surface area contributed by atoms with Crippen molar-refractivity contribution in [2.24, 2.45) is 28.6 Å². The zero-order chi connectivity index (χ0) is 25.1. The van der Waals surface area contributed by atoms with Gasteiger partial charge in [0.2, 0.25) is 0 Å². The third-order valence-electron chi connectivity index (χ3n) is 11.2. The molecule has 0 aromatic heterocycles. The Kier molecular flexibility index (Phi) is 6.06. The molecule has 6 rings (SSSR count). The van der Waals surface area contributed by atoms with E-state index in [9.17, 15) is 10.2 Å². The number of rotatable bonds is 2. The van der Waals surface area contributed by atoms with Gasteiger partial charge in [0, 0.05) is 24.2 Å². The smallest absolute Gasteiger partial charge is 0.131 e. The largest absolute Gasteiger partial charge is 0.389 e. The summed E-state index contributed by atoms with van der Waals surface area (Å²) in [6, 6.07) is 9.36. The molecule has 0 spiro atoms. The van der Waals surface area contributed by atoms with Gasteiger partial charge in [0.25, 0.3) is 0 Å². The highest BCUT2D eigenvalue weighted by atomic mass is 16.5. The Morgan fingerprint density at radius 1 is 1.03 bits per heavy atom. The van der Waals surface area contributed by atoms with E-state index in [1.54, 1.807) is 0 Å². The maximum absolute atomic E-state index is 11.9. The highest BCUT2D eigenvalue weighted by Gasteiger charge is 2.66. The third kappa shape index (κ3) is 3.61. The van der Waals surface area contributed by atoms with Crippen molar-refractivity contribution in [3.8, 4) is 11.8 Å². The maximum Gasteiger partial charge on any atom is 0.131 e. The summed E-state index contributed by atoms with van der Waals surface area (Å²) in [5.41, 5.74) is 3.20. The van der Waals surface area contributed by atoms with Crippen molar-refractivity contribution >= 4 is 5.69 Å². The summed E-state index contributed by atoms with van der Waals surface area (Å²) >= 11 is 0. The minimum atomic E-state index is -0.900. The molecule has 0 radical (unpaired) electrons. The Balaban J connectivity index is 1.42. The lowest BCUT2D eigenvalue weighted by Gasteiger charge is -2.62. The van der Waals surface area contributed by atoms with Gasteiger partial charge in [-0.1, -0.05) is 43.5 Å². The normalized spacial score (nSPS) is 44.0. The van der Waals surface area contributed by atoms with Gasteiger partial charge in [-0.05, 0) is 98.7 Å². The lowest BCUT2D eigenvalue weighted by molar-refractivity contribution is -0.112. The van der Waals surface area contributed by atoms with Crippen LogP contribution < -0.4 is 4.90 Å². The summed E-state index contributed by atoms with van der Waals surface area (Å²) in [4.78, 5) is 2.42. The third-order valence-corrected chi connectivity index (χ3v) is 11.2. The Morgan fingerprint density at radius 2 is 1.78 bits per heavy atom. The van der Waals surface area contributed by atoms with Crippen molar-refractivity contribution in [1.29, 1.82) is 0 Å². The molecular weight excluding hydrogens is 446 g/mol. The highest BCUT2D eigenvalue weighted by molar-refractivity contribution is 5.49.